The summed E-state index contributed by atoms with van der Waals surface area (Å²) in [6.45, 7) is 2.94. The summed E-state index contributed by atoms with van der Waals surface area (Å²) in [5.41, 5.74) is 3.00. The number of nitrogens with two attached hydrogens (primary N) is 1. The van der Waals surface area contributed by atoms with Crippen LogP contribution < -0.4 is 5.73 Å². The van der Waals surface area contributed by atoms with Gasteiger partial charge in [0.25, 0.3) is 0 Å². The molecule has 0 aromatic carbocycles. The van der Waals surface area contributed by atoms with Gasteiger partial charge in [0.05, 0.1) is 5.92 Å². The van der Waals surface area contributed by atoms with E-state index in [0.29, 0.717) is 0 Å². The number of carbonyl (C=O) groups is 3. The summed E-state index contributed by atoms with van der Waals surface area (Å²) in [4.78, 5) is 33.1. The van der Waals surface area contributed by atoms with Crippen LogP contribution in [0.1, 0.15) is 26.7 Å². The van der Waals surface area contributed by atoms with Crippen molar-refractivity contribution in [1.29, 1.82) is 0 Å². The number of rotatable bonds is 6. The molecule has 0 bridgehead atoms. The summed E-state index contributed by atoms with van der Waals surface area (Å²) < 4.78 is 0. The van der Waals surface area contributed by atoms with E-state index < -0.39 is 29.2 Å². The Morgan fingerprint density at radius 2 is 1.73 bits per heavy atom. The van der Waals surface area contributed by atoms with E-state index in [1.54, 1.807) is 0 Å². The summed E-state index contributed by atoms with van der Waals surface area (Å²) in [6.07, 6.45) is -0.0963. The van der Waals surface area contributed by atoms with Gasteiger partial charge < -0.3 is 15.9 Å². The standard InChI is InChI=1S/C9H15NO5/c1-3-5(6(11)12)9(4-2,7(10)13)8(14)15/h5H,3-4H2,1-2H3,(H2,10,13)(H,11,12)(H,14,15). The van der Waals surface area contributed by atoms with Crippen LogP contribution in [-0.4, -0.2) is 28.1 Å². The SMILES string of the molecule is CCC(C(=O)O)C(CC)(C(N)=O)C(=O)O. The Bertz CT molecular complexity index is 272. The molecule has 0 heterocycles. The van der Waals surface area contributed by atoms with Gasteiger partial charge in [-0.1, -0.05) is 13.8 Å². The van der Waals surface area contributed by atoms with Crippen LogP contribution >= 0.6 is 0 Å². The van der Waals surface area contributed by atoms with Crippen LogP contribution in [0.25, 0.3) is 0 Å². The van der Waals surface area contributed by atoms with E-state index in [1.807, 2.05) is 0 Å². The Hall–Kier alpha value is -1.59. The zero-order valence-electron chi connectivity index (χ0n) is 8.69. The number of hydrogen-bond donors (Lipinski definition) is 3. The normalized spacial score (nSPS) is 16.4. The van der Waals surface area contributed by atoms with E-state index in [9.17, 15) is 14.4 Å². The minimum Gasteiger partial charge on any atom is -0.481 e. The molecule has 1 amide bonds. The molecule has 2 unspecified atom stereocenters. The predicted molar refractivity (Wildman–Crippen MR) is 51.0 cm³/mol. The second kappa shape index (κ2) is 4.77. The van der Waals surface area contributed by atoms with Crippen molar-refractivity contribution in [3.8, 4) is 0 Å². The lowest BCUT2D eigenvalue weighted by molar-refractivity contribution is -0.168. The van der Waals surface area contributed by atoms with Crippen LogP contribution in [0.2, 0.25) is 0 Å². The second-order valence-electron chi connectivity index (χ2n) is 3.29. The van der Waals surface area contributed by atoms with Crippen molar-refractivity contribution in [2.24, 2.45) is 17.1 Å². The van der Waals surface area contributed by atoms with Gasteiger partial charge in [0.2, 0.25) is 5.91 Å². The summed E-state index contributed by atoms with van der Waals surface area (Å²) in [5, 5.41) is 17.8. The van der Waals surface area contributed by atoms with Crippen molar-refractivity contribution in [3.63, 3.8) is 0 Å². The van der Waals surface area contributed by atoms with Crippen molar-refractivity contribution in [1.82, 2.24) is 0 Å². The van der Waals surface area contributed by atoms with E-state index in [0.717, 1.165) is 0 Å². The van der Waals surface area contributed by atoms with Gasteiger partial charge >= 0.3 is 11.9 Å². The molecule has 0 aromatic heterocycles. The highest BCUT2D eigenvalue weighted by Crippen LogP contribution is 2.34. The molecule has 0 aromatic rings. The quantitative estimate of drug-likeness (QED) is 0.544. The first-order chi connectivity index (χ1) is 6.84. The molecule has 0 radical (unpaired) electrons. The number of amides is 1. The van der Waals surface area contributed by atoms with Crippen molar-refractivity contribution in [2.45, 2.75) is 26.7 Å². The Kier molecular flexibility index (Phi) is 4.26. The molecule has 0 spiro atoms. The Morgan fingerprint density at radius 1 is 1.27 bits per heavy atom. The third kappa shape index (κ3) is 2.08. The predicted octanol–water partition coefficient (Wildman–Crippen LogP) is 0.0635. The number of carboxylic acid groups (broad SMARTS) is 2. The number of aliphatic carboxylic acids is 2. The van der Waals surface area contributed by atoms with Crippen molar-refractivity contribution in [3.05, 3.63) is 0 Å². The highest BCUT2D eigenvalue weighted by atomic mass is 16.4. The van der Waals surface area contributed by atoms with Crippen LogP contribution in [0, 0.1) is 11.3 Å². The third-order valence-corrected chi connectivity index (χ3v) is 2.68. The van der Waals surface area contributed by atoms with Crippen LogP contribution in [0.5, 0.6) is 0 Å². The molecule has 0 aliphatic carbocycles. The van der Waals surface area contributed by atoms with Gasteiger partial charge in [0.15, 0.2) is 5.41 Å². The lowest BCUT2D eigenvalue weighted by Crippen LogP contribution is -2.51. The van der Waals surface area contributed by atoms with Crippen LogP contribution in [0.3, 0.4) is 0 Å². The Labute approximate surface area is 87.1 Å². The average Bonchev–Trinajstić information content (AvgIpc) is 2.11. The fraction of sp³-hybridized carbons (Fsp3) is 0.667. The lowest BCUT2D eigenvalue weighted by atomic mass is 9.71. The fourth-order valence-corrected chi connectivity index (χ4v) is 1.73. The highest BCUT2D eigenvalue weighted by molar-refractivity contribution is 6.04. The molecule has 0 aliphatic rings. The molecule has 0 aliphatic heterocycles. The second-order valence-corrected chi connectivity index (χ2v) is 3.29. The third-order valence-electron chi connectivity index (χ3n) is 2.68. The molecule has 0 rings (SSSR count). The van der Waals surface area contributed by atoms with Gasteiger partial charge in [-0.25, -0.2) is 0 Å². The van der Waals surface area contributed by atoms with E-state index >= 15 is 0 Å². The van der Waals surface area contributed by atoms with Crippen molar-refractivity contribution < 1.29 is 24.6 Å². The lowest BCUT2D eigenvalue weighted by Gasteiger charge is -2.29. The number of carbonyl (C=O) groups excluding carboxylic acids is 1. The first kappa shape index (κ1) is 13.4. The maximum atomic E-state index is 11.2. The summed E-state index contributed by atoms with van der Waals surface area (Å²) in [5.74, 6) is -5.20. The molecule has 2 atom stereocenters. The van der Waals surface area contributed by atoms with Gasteiger partial charge in [0, 0.05) is 0 Å². The molecular weight excluding hydrogens is 202 g/mol. The first-order valence-electron chi connectivity index (χ1n) is 4.60. The Balaban J connectivity index is 5.51. The topological polar surface area (TPSA) is 118 Å². The molecule has 86 valence electrons. The van der Waals surface area contributed by atoms with E-state index in [1.165, 1.54) is 13.8 Å². The van der Waals surface area contributed by atoms with Gasteiger partial charge in [-0.05, 0) is 12.8 Å². The smallest absolute Gasteiger partial charge is 0.320 e. The summed E-state index contributed by atoms with van der Waals surface area (Å²) in [7, 11) is 0. The van der Waals surface area contributed by atoms with E-state index in [4.69, 9.17) is 15.9 Å². The van der Waals surface area contributed by atoms with Gasteiger partial charge in [-0.3, -0.25) is 14.4 Å². The van der Waals surface area contributed by atoms with Crippen LogP contribution in [0.4, 0.5) is 0 Å². The molecule has 0 fully saturated rings. The number of carboxylic acids is 2. The summed E-state index contributed by atoms with van der Waals surface area (Å²) >= 11 is 0. The van der Waals surface area contributed by atoms with Gasteiger partial charge in [-0.2, -0.15) is 0 Å². The number of hydrogen-bond acceptors (Lipinski definition) is 3. The maximum absolute atomic E-state index is 11.2. The maximum Gasteiger partial charge on any atom is 0.320 e. The van der Waals surface area contributed by atoms with Gasteiger partial charge in [0.1, 0.15) is 0 Å². The number of primary amides is 1. The molecule has 6 heteroatoms. The largest absolute Gasteiger partial charge is 0.481 e. The molecular formula is C9H15NO5. The van der Waals surface area contributed by atoms with Crippen molar-refractivity contribution >= 4 is 17.8 Å². The molecule has 4 N–H and O–H groups in total. The fourth-order valence-electron chi connectivity index (χ4n) is 1.73. The monoisotopic (exact) mass is 217 g/mol. The average molecular weight is 217 g/mol. The Morgan fingerprint density at radius 3 is 1.80 bits per heavy atom. The first-order valence-corrected chi connectivity index (χ1v) is 4.60. The zero-order valence-corrected chi connectivity index (χ0v) is 8.69. The highest BCUT2D eigenvalue weighted by Gasteiger charge is 2.52. The van der Waals surface area contributed by atoms with Crippen LogP contribution in [0.15, 0.2) is 0 Å². The van der Waals surface area contributed by atoms with E-state index in [-0.39, 0.29) is 12.8 Å². The summed E-state index contributed by atoms with van der Waals surface area (Å²) in [6, 6.07) is 0. The minimum atomic E-state index is -2.01. The minimum absolute atomic E-state index is 0.0401. The van der Waals surface area contributed by atoms with Crippen molar-refractivity contribution in [2.75, 3.05) is 0 Å². The zero-order chi connectivity index (χ0) is 12.2. The van der Waals surface area contributed by atoms with E-state index in [2.05, 4.69) is 0 Å². The molecule has 6 nitrogen and oxygen atoms in total. The molecule has 0 saturated heterocycles. The van der Waals surface area contributed by atoms with Crippen LogP contribution in [-0.2, 0) is 14.4 Å². The molecule has 15 heavy (non-hydrogen) atoms. The molecule has 0 saturated carbocycles. The van der Waals surface area contributed by atoms with Gasteiger partial charge in [-0.15, -0.1) is 0 Å².